The van der Waals surface area contributed by atoms with E-state index in [1.165, 1.54) is 235 Å². The summed E-state index contributed by atoms with van der Waals surface area (Å²) >= 11 is 0. The lowest BCUT2D eigenvalue weighted by molar-refractivity contribution is 0.481. The number of fused-ring (bicyclic) bond motifs is 11. The molecule has 1 unspecified atom stereocenters. The number of hydrogen-bond acceptors (Lipinski definition) is 2. The Morgan fingerprint density at radius 2 is 0.762 bits per heavy atom. The molecule has 4 heteroatoms. The van der Waals surface area contributed by atoms with Crippen LogP contribution in [0.15, 0.2) is 121 Å². The van der Waals surface area contributed by atoms with Crippen LogP contribution in [-0.4, -0.2) is 19.9 Å². The maximum Gasteiger partial charge on any atom is 0.0736 e. The molecular weight excluding hydrogens is 1020 g/mol. The smallest absolute Gasteiger partial charge is 0.0736 e. The monoisotopic (exact) mass is 1120 g/mol. The van der Waals surface area contributed by atoms with E-state index in [4.69, 9.17) is 9.97 Å². The maximum atomic E-state index is 5.45. The number of aromatic amines is 2. The number of unbranched alkanes of at least 4 members (excludes halogenated alkanes) is 25. The van der Waals surface area contributed by atoms with Gasteiger partial charge in [-0.3, -0.25) is 0 Å². The Hall–Kier alpha value is -6.52. The topological polar surface area (TPSA) is 57.4 Å². The zero-order chi connectivity index (χ0) is 57.8. The molecule has 8 bridgehead atoms. The zero-order valence-electron chi connectivity index (χ0n) is 52.2. The molecule has 5 heterocycles. The summed E-state index contributed by atoms with van der Waals surface area (Å²) in [5, 5.41) is 0. The number of benzene rings is 4. The second kappa shape index (κ2) is 31.0. The first-order valence-corrected chi connectivity index (χ1v) is 34.0. The number of nitrogens with zero attached hydrogens (tertiary/aromatic N) is 2. The number of H-pyrrole nitrogens is 2. The summed E-state index contributed by atoms with van der Waals surface area (Å²) < 4.78 is 0. The lowest BCUT2D eigenvalue weighted by Gasteiger charge is -2.28. The van der Waals surface area contributed by atoms with Crippen molar-refractivity contribution in [2.45, 2.75) is 232 Å². The second-order valence-electron chi connectivity index (χ2n) is 25.5. The quantitative estimate of drug-likeness (QED) is 0.0395. The van der Waals surface area contributed by atoms with Crippen molar-refractivity contribution in [3.05, 3.63) is 166 Å². The van der Waals surface area contributed by atoms with Gasteiger partial charge in [-0.2, -0.15) is 0 Å². The van der Waals surface area contributed by atoms with Crippen LogP contribution >= 0.6 is 0 Å². The van der Waals surface area contributed by atoms with Crippen LogP contribution in [0, 0.1) is 0 Å². The lowest BCUT2D eigenvalue weighted by atomic mass is 9.75. The fourth-order valence-corrected chi connectivity index (χ4v) is 14.1. The minimum atomic E-state index is -0.0613. The molecule has 0 fully saturated rings. The van der Waals surface area contributed by atoms with Crippen LogP contribution in [0.3, 0.4) is 0 Å². The lowest BCUT2D eigenvalue weighted by Crippen LogP contribution is -2.20. The summed E-state index contributed by atoms with van der Waals surface area (Å²) in [5.74, 6) is 0. The van der Waals surface area contributed by atoms with Gasteiger partial charge in [-0.15, -0.1) is 0 Å². The van der Waals surface area contributed by atoms with Crippen molar-refractivity contribution >= 4 is 46.4 Å². The summed E-state index contributed by atoms with van der Waals surface area (Å²) in [6.45, 7) is 9.42. The van der Waals surface area contributed by atoms with Gasteiger partial charge in [-0.1, -0.05) is 273 Å². The molecule has 2 aliphatic heterocycles. The van der Waals surface area contributed by atoms with E-state index in [0.717, 1.165) is 75.2 Å². The first-order valence-electron chi connectivity index (χ1n) is 34.0. The Morgan fingerprint density at radius 1 is 0.345 bits per heavy atom. The van der Waals surface area contributed by atoms with E-state index < -0.39 is 0 Å². The average molecular weight is 1120 g/mol. The number of hydrogen-bond donors (Lipinski definition) is 2. The molecule has 0 amide bonds. The summed E-state index contributed by atoms with van der Waals surface area (Å²) in [5.41, 5.74) is 23.9. The molecule has 0 spiro atoms. The highest BCUT2D eigenvalue weighted by atomic mass is 14.8. The van der Waals surface area contributed by atoms with Crippen LogP contribution in [0.5, 0.6) is 0 Å². The predicted molar refractivity (Wildman–Crippen MR) is 365 cm³/mol. The highest BCUT2D eigenvalue weighted by Gasteiger charge is 2.39. The Morgan fingerprint density at radius 3 is 1.30 bits per heavy atom. The minimum absolute atomic E-state index is 0.0613. The maximum absolute atomic E-state index is 5.45. The van der Waals surface area contributed by atoms with E-state index in [1.807, 2.05) is 0 Å². The normalized spacial score (nSPS) is 14.2. The first-order chi connectivity index (χ1) is 41.4. The van der Waals surface area contributed by atoms with Gasteiger partial charge in [0.2, 0.25) is 0 Å². The first kappa shape index (κ1) is 60.6. The Balaban J connectivity index is 0.960. The third kappa shape index (κ3) is 15.5. The van der Waals surface area contributed by atoms with Crippen molar-refractivity contribution in [2.75, 3.05) is 0 Å². The number of aryl methyl sites for hydroxylation is 2. The molecule has 3 aromatic heterocycles. The van der Waals surface area contributed by atoms with E-state index >= 15 is 0 Å². The standard InChI is InChI=1S/C80H100N4/c1-5-8-11-14-17-19-20-21-22-23-24-26-28-31-39-61-56-62(43-49-69(61)68-40-33-32-38-60(68)37-30-27-25-18-15-12-9-6-2)78-74-51-45-64(81-74)58-66-47-53-76(83-66)79(77-54-48-67(84-77)59-65-46-52-75(78)82-65)63-44-50-71-70-41-34-35-42-72(70)80(4,73(71)57-63)55-36-29-16-13-10-7-3/h32-35,38,40-54,56-59,81,84H,5-31,36-37,39,55H2,1-4H3. The van der Waals surface area contributed by atoms with E-state index in [0.29, 0.717) is 0 Å². The van der Waals surface area contributed by atoms with Crippen molar-refractivity contribution in [3.63, 3.8) is 0 Å². The van der Waals surface area contributed by atoms with E-state index in [9.17, 15) is 0 Å². The van der Waals surface area contributed by atoms with Gasteiger partial charge < -0.3 is 9.97 Å². The third-order valence-corrected chi connectivity index (χ3v) is 18.9. The second-order valence-corrected chi connectivity index (χ2v) is 25.5. The van der Waals surface area contributed by atoms with Crippen molar-refractivity contribution in [2.24, 2.45) is 0 Å². The molecule has 0 saturated carbocycles. The van der Waals surface area contributed by atoms with Gasteiger partial charge in [-0.25, -0.2) is 9.97 Å². The van der Waals surface area contributed by atoms with Crippen LogP contribution in [0.2, 0.25) is 0 Å². The largest absolute Gasteiger partial charge is 0.355 e. The molecule has 440 valence electrons. The molecule has 4 aromatic carbocycles. The molecule has 10 rings (SSSR count). The Kier molecular flexibility index (Phi) is 22.4. The molecular formula is C80H100N4. The van der Waals surface area contributed by atoms with Crippen molar-refractivity contribution in [1.29, 1.82) is 0 Å². The summed E-state index contributed by atoms with van der Waals surface area (Å²) in [4.78, 5) is 18.6. The van der Waals surface area contributed by atoms with Crippen LogP contribution in [0.4, 0.5) is 0 Å². The van der Waals surface area contributed by atoms with Crippen LogP contribution in [0.25, 0.3) is 90.9 Å². The predicted octanol–water partition coefficient (Wildman–Crippen LogP) is 24.4. The summed E-state index contributed by atoms with van der Waals surface area (Å²) in [6.07, 6.45) is 49.8. The summed E-state index contributed by atoms with van der Waals surface area (Å²) in [7, 11) is 0. The Labute approximate surface area is 506 Å². The molecule has 0 radical (unpaired) electrons. The van der Waals surface area contributed by atoms with Crippen molar-refractivity contribution in [3.8, 4) is 44.5 Å². The number of aromatic nitrogens is 4. The number of rotatable bonds is 34. The van der Waals surface area contributed by atoms with Gasteiger partial charge in [0, 0.05) is 38.6 Å². The van der Waals surface area contributed by atoms with Crippen molar-refractivity contribution < 1.29 is 0 Å². The van der Waals surface area contributed by atoms with E-state index in [1.54, 1.807) is 0 Å². The molecule has 1 aliphatic carbocycles. The molecule has 7 aromatic rings. The molecule has 1 atom stereocenters. The molecule has 4 nitrogen and oxygen atoms in total. The highest BCUT2D eigenvalue weighted by Crippen LogP contribution is 2.52. The van der Waals surface area contributed by atoms with Gasteiger partial charge in [0.15, 0.2) is 0 Å². The van der Waals surface area contributed by atoms with E-state index in [-0.39, 0.29) is 5.41 Å². The minimum Gasteiger partial charge on any atom is -0.355 e. The van der Waals surface area contributed by atoms with Crippen LogP contribution < -0.4 is 0 Å². The van der Waals surface area contributed by atoms with Gasteiger partial charge in [0.25, 0.3) is 0 Å². The molecule has 3 aliphatic rings. The van der Waals surface area contributed by atoms with Gasteiger partial charge in [-0.05, 0) is 155 Å². The molecule has 0 saturated heterocycles. The summed E-state index contributed by atoms with van der Waals surface area (Å²) in [6, 6.07) is 46.3. The van der Waals surface area contributed by atoms with Crippen LogP contribution in [0.1, 0.15) is 259 Å². The Bertz CT molecular complexity index is 3470. The van der Waals surface area contributed by atoms with E-state index in [2.05, 4.69) is 183 Å². The van der Waals surface area contributed by atoms with Crippen molar-refractivity contribution in [1.82, 2.24) is 19.9 Å². The fourth-order valence-electron chi connectivity index (χ4n) is 14.1. The molecule has 84 heavy (non-hydrogen) atoms. The van der Waals surface area contributed by atoms with Gasteiger partial charge in [0.1, 0.15) is 0 Å². The SMILES string of the molecule is CCCCCCCCCCCCCCCCc1cc(-c2c3nc(cc4ccc([nH]4)c(-c4ccc5c(c4)C(C)(CCCCCCCC)c4ccccc4-5)c4nc(cc5ccc2[nH]5)C=C4)C=C3)ccc1-c1ccccc1CCCCCCCCCC. The van der Waals surface area contributed by atoms with Gasteiger partial charge >= 0.3 is 0 Å². The third-order valence-electron chi connectivity index (χ3n) is 18.9. The highest BCUT2D eigenvalue weighted by molar-refractivity contribution is 5.95. The number of nitrogens with one attached hydrogen (secondary N) is 2. The zero-order valence-corrected chi connectivity index (χ0v) is 52.2. The van der Waals surface area contributed by atoms with Gasteiger partial charge in [0.05, 0.1) is 22.8 Å². The van der Waals surface area contributed by atoms with Crippen LogP contribution in [-0.2, 0) is 18.3 Å². The average Bonchev–Trinajstić information content (AvgIpc) is 1.84. The molecule has 2 N–H and O–H groups in total. The fraction of sp³-hybridized carbons (Fsp3) is 0.450.